The number of amides is 2. The van der Waals surface area contributed by atoms with Crippen LogP contribution in [0.2, 0.25) is 0 Å². The lowest BCUT2D eigenvalue weighted by molar-refractivity contribution is -0.139. The number of nitrogens with one attached hydrogen (secondary N) is 2. The number of hydrogen-bond acceptors (Lipinski definition) is 4. The Morgan fingerprint density at radius 2 is 1.94 bits per heavy atom. The van der Waals surface area contributed by atoms with Crippen molar-refractivity contribution in [2.75, 3.05) is 26.4 Å². The highest BCUT2D eigenvalue weighted by atomic mass is 19.4. The van der Waals surface area contributed by atoms with E-state index in [2.05, 4.69) is 10.6 Å². The first-order chi connectivity index (χ1) is 14.7. The Morgan fingerprint density at radius 1 is 1.19 bits per heavy atom. The Hall–Kier alpha value is -3.14. The van der Waals surface area contributed by atoms with Crippen LogP contribution >= 0.6 is 0 Å². The van der Waals surface area contributed by atoms with Crippen molar-refractivity contribution in [3.63, 3.8) is 0 Å². The molecule has 1 fully saturated rings. The summed E-state index contributed by atoms with van der Waals surface area (Å²) in [6, 6.07) is 10.1. The Balaban J connectivity index is 1.39. The monoisotopic (exact) mass is 439 g/mol. The number of benzene rings is 2. The van der Waals surface area contributed by atoms with E-state index >= 15 is 0 Å². The minimum Gasteiger partial charge on any atom is -0.492 e. The molecular formula is C21H21F4N3O3. The van der Waals surface area contributed by atoms with Crippen molar-refractivity contribution in [3.05, 3.63) is 65.5 Å². The van der Waals surface area contributed by atoms with Crippen LogP contribution in [-0.4, -0.2) is 43.1 Å². The molecule has 2 aromatic carbocycles. The first-order valence-corrected chi connectivity index (χ1v) is 9.56. The number of halogens is 4. The molecule has 6 nitrogen and oxygen atoms in total. The molecule has 0 aliphatic carbocycles. The van der Waals surface area contributed by atoms with E-state index in [-0.39, 0.29) is 56.3 Å². The van der Waals surface area contributed by atoms with Crippen LogP contribution in [0.4, 0.5) is 17.6 Å². The van der Waals surface area contributed by atoms with Gasteiger partial charge in [-0.2, -0.15) is 13.2 Å². The van der Waals surface area contributed by atoms with Crippen molar-refractivity contribution >= 4 is 11.8 Å². The molecule has 2 aromatic rings. The predicted octanol–water partition coefficient (Wildman–Crippen LogP) is 2.86. The lowest BCUT2D eigenvalue weighted by Gasteiger charge is -2.32. The number of nitrogens with zero attached hydrogens (tertiary/aromatic N) is 1. The summed E-state index contributed by atoms with van der Waals surface area (Å²) in [6.45, 7) is 0.0508. The average Bonchev–Trinajstić information content (AvgIpc) is 2.73. The van der Waals surface area contributed by atoms with Crippen LogP contribution in [0.25, 0.3) is 0 Å². The summed E-state index contributed by atoms with van der Waals surface area (Å²) in [5, 5.41) is 5.70. The van der Waals surface area contributed by atoms with E-state index in [1.807, 2.05) is 0 Å². The molecule has 0 radical (unpaired) electrons. The summed E-state index contributed by atoms with van der Waals surface area (Å²) in [7, 11) is 0. The average molecular weight is 439 g/mol. The fraction of sp³-hybridized carbons (Fsp3) is 0.333. The third-order valence-corrected chi connectivity index (χ3v) is 4.72. The van der Waals surface area contributed by atoms with E-state index in [9.17, 15) is 27.2 Å². The highest BCUT2D eigenvalue weighted by Gasteiger charge is 2.30. The van der Waals surface area contributed by atoms with Crippen molar-refractivity contribution in [1.82, 2.24) is 15.5 Å². The number of carbonyl (C=O) groups excluding carboxylic acids is 2. The summed E-state index contributed by atoms with van der Waals surface area (Å²) in [5.41, 5.74) is -0.0327. The highest BCUT2D eigenvalue weighted by molar-refractivity contribution is 5.85. The van der Waals surface area contributed by atoms with Crippen LogP contribution in [0.15, 0.2) is 48.5 Å². The largest absolute Gasteiger partial charge is 0.492 e. The number of hydrogen-bond donors (Lipinski definition) is 2. The zero-order valence-corrected chi connectivity index (χ0v) is 16.4. The zero-order chi connectivity index (χ0) is 22.4. The fourth-order valence-electron chi connectivity index (χ4n) is 3.11. The van der Waals surface area contributed by atoms with Crippen molar-refractivity contribution < 1.29 is 31.9 Å². The normalized spacial score (nSPS) is 16.8. The summed E-state index contributed by atoms with van der Waals surface area (Å²) >= 11 is 0. The van der Waals surface area contributed by atoms with Crippen LogP contribution in [0.1, 0.15) is 23.6 Å². The summed E-state index contributed by atoms with van der Waals surface area (Å²) < 4.78 is 56.3. The van der Waals surface area contributed by atoms with Gasteiger partial charge >= 0.3 is 6.18 Å². The molecule has 0 saturated carbocycles. The van der Waals surface area contributed by atoms with Crippen LogP contribution in [0.5, 0.6) is 5.75 Å². The van der Waals surface area contributed by atoms with Gasteiger partial charge in [0, 0.05) is 12.5 Å². The molecule has 1 unspecified atom stereocenters. The molecule has 2 amide bonds. The van der Waals surface area contributed by atoms with Gasteiger partial charge in [0.05, 0.1) is 18.8 Å². The Kier molecular flexibility index (Phi) is 7.11. The molecule has 1 saturated heterocycles. The predicted molar refractivity (Wildman–Crippen MR) is 103 cm³/mol. The lowest BCUT2D eigenvalue weighted by Crippen LogP contribution is -2.50. The van der Waals surface area contributed by atoms with Gasteiger partial charge in [-0.3, -0.25) is 14.9 Å². The second-order valence-electron chi connectivity index (χ2n) is 6.99. The molecular weight excluding hydrogens is 418 g/mol. The van der Waals surface area contributed by atoms with E-state index < -0.39 is 17.6 Å². The number of alkyl halides is 3. The van der Waals surface area contributed by atoms with Gasteiger partial charge in [0.25, 0.3) is 0 Å². The molecule has 166 valence electrons. The molecule has 1 aliphatic heterocycles. The SMILES string of the molecule is O=C(CN1CNC(c2ccc(F)cc2)CC1=O)NCCOc1cccc(C(F)(F)F)c1. The van der Waals surface area contributed by atoms with Crippen molar-refractivity contribution in [3.8, 4) is 5.75 Å². The molecule has 0 bridgehead atoms. The van der Waals surface area contributed by atoms with Crippen molar-refractivity contribution in [2.24, 2.45) is 0 Å². The van der Waals surface area contributed by atoms with E-state index in [1.165, 1.54) is 29.2 Å². The van der Waals surface area contributed by atoms with Gasteiger partial charge in [-0.1, -0.05) is 18.2 Å². The molecule has 3 rings (SSSR count). The van der Waals surface area contributed by atoms with Gasteiger partial charge in [-0.25, -0.2) is 4.39 Å². The highest BCUT2D eigenvalue weighted by Crippen LogP contribution is 2.31. The first-order valence-electron chi connectivity index (χ1n) is 9.56. The molecule has 0 spiro atoms. The third kappa shape index (κ3) is 6.42. The second-order valence-corrected chi connectivity index (χ2v) is 6.99. The Bertz CT molecular complexity index is 919. The van der Waals surface area contributed by atoms with Gasteiger partial charge in [-0.15, -0.1) is 0 Å². The maximum absolute atomic E-state index is 13.0. The van der Waals surface area contributed by atoms with Gasteiger partial charge in [-0.05, 0) is 35.9 Å². The number of rotatable bonds is 7. The van der Waals surface area contributed by atoms with Crippen molar-refractivity contribution in [2.45, 2.75) is 18.6 Å². The molecule has 1 heterocycles. The molecule has 1 aliphatic rings. The minimum atomic E-state index is -4.46. The standard InChI is InChI=1S/C21H21F4N3O3/c22-16-6-4-14(5-7-16)18-11-20(30)28(13-27-18)12-19(29)26-8-9-31-17-3-1-2-15(10-17)21(23,24)25/h1-7,10,18,27H,8-9,11-13H2,(H,26,29). The van der Waals surface area contributed by atoms with Crippen LogP contribution in [0, 0.1) is 5.82 Å². The molecule has 2 N–H and O–H groups in total. The third-order valence-electron chi connectivity index (χ3n) is 4.72. The Morgan fingerprint density at radius 3 is 2.61 bits per heavy atom. The quantitative estimate of drug-likeness (QED) is 0.514. The van der Waals surface area contributed by atoms with E-state index in [0.29, 0.717) is 0 Å². The fourth-order valence-corrected chi connectivity index (χ4v) is 3.11. The summed E-state index contributed by atoms with van der Waals surface area (Å²) in [5.74, 6) is -0.945. The van der Waals surface area contributed by atoms with Crippen LogP contribution < -0.4 is 15.4 Å². The lowest BCUT2D eigenvalue weighted by atomic mass is 10.0. The number of ether oxygens (including phenoxy) is 1. The van der Waals surface area contributed by atoms with E-state index in [1.54, 1.807) is 12.1 Å². The van der Waals surface area contributed by atoms with Gasteiger partial charge < -0.3 is 15.0 Å². The summed E-state index contributed by atoms with van der Waals surface area (Å²) in [6.07, 6.45) is -4.32. The van der Waals surface area contributed by atoms with Gasteiger partial charge in [0.15, 0.2) is 0 Å². The maximum atomic E-state index is 13.0. The van der Waals surface area contributed by atoms with E-state index in [0.717, 1.165) is 17.7 Å². The van der Waals surface area contributed by atoms with Gasteiger partial charge in [0.1, 0.15) is 24.7 Å². The second kappa shape index (κ2) is 9.78. The topological polar surface area (TPSA) is 70.7 Å². The smallest absolute Gasteiger partial charge is 0.416 e. The zero-order valence-electron chi connectivity index (χ0n) is 16.4. The molecule has 0 aromatic heterocycles. The maximum Gasteiger partial charge on any atom is 0.416 e. The first kappa shape index (κ1) is 22.5. The minimum absolute atomic E-state index is 0.0219. The van der Waals surface area contributed by atoms with Crippen LogP contribution in [-0.2, 0) is 15.8 Å². The molecule has 10 heteroatoms. The van der Waals surface area contributed by atoms with Crippen molar-refractivity contribution in [1.29, 1.82) is 0 Å². The number of carbonyl (C=O) groups is 2. The molecule has 31 heavy (non-hydrogen) atoms. The molecule has 1 atom stereocenters. The Labute approximate surface area is 176 Å². The summed E-state index contributed by atoms with van der Waals surface area (Å²) in [4.78, 5) is 25.7. The van der Waals surface area contributed by atoms with E-state index in [4.69, 9.17) is 4.74 Å². The van der Waals surface area contributed by atoms with Gasteiger partial charge in [0.2, 0.25) is 11.8 Å². The van der Waals surface area contributed by atoms with Crippen LogP contribution in [0.3, 0.4) is 0 Å².